The summed E-state index contributed by atoms with van der Waals surface area (Å²) in [5, 5.41) is 14.2. The van der Waals surface area contributed by atoms with E-state index in [0.717, 1.165) is 0 Å². The van der Waals surface area contributed by atoms with E-state index in [1.807, 2.05) is 0 Å². The summed E-state index contributed by atoms with van der Waals surface area (Å²) in [4.78, 5) is 13.1. The number of carboxylic acids is 1. The Hall–Kier alpha value is -0.690. The zero-order chi connectivity index (χ0) is 6.99. The third-order valence-electron chi connectivity index (χ3n) is 0.207. The second kappa shape index (κ2) is 9.58. The van der Waals surface area contributed by atoms with Gasteiger partial charge < -0.3 is 10.3 Å². The van der Waals surface area contributed by atoms with Gasteiger partial charge in [0.15, 0.2) is 6.61 Å². The highest BCUT2D eigenvalue weighted by molar-refractivity contribution is 5.67. The monoisotopic (exact) mass is 124 g/mol. The summed E-state index contributed by atoms with van der Waals surface area (Å²) in [6, 6.07) is 0. The molecule has 6 N–H and O–H groups in total. The Kier molecular flexibility index (Phi) is 12.4. The van der Waals surface area contributed by atoms with Crippen molar-refractivity contribution < 1.29 is 19.9 Å². The average Bonchev–Trinajstić information content (AvgIpc) is 1.72. The Balaban J connectivity index is 0. The summed E-state index contributed by atoms with van der Waals surface area (Å²) in [6.45, 7) is -0.431. The van der Waals surface area contributed by atoms with Gasteiger partial charge in [-0.15, -0.1) is 0 Å². The maximum absolute atomic E-state index is 9.39. The van der Waals surface area contributed by atoms with Crippen LogP contribution in [0.1, 0.15) is 0 Å². The van der Waals surface area contributed by atoms with Crippen LogP contribution in [0.3, 0.4) is 0 Å². The van der Waals surface area contributed by atoms with Crippen molar-refractivity contribution >= 4 is 5.97 Å². The van der Waals surface area contributed by atoms with Crippen molar-refractivity contribution in [3.8, 4) is 0 Å². The molecule has 0 rings (SSSR count). The molecular weight excluding hydrogens is 116 g/mol. The third kappa shape index (κ3) is 18.5. The van der Waals surface area contributed by atoms with Crippen molar-refractivity contribution in [1.82, 2.24) is 0 Å². The van der Waals surface area contributed by atoms with Crippen LogP contribution in [0.4, 0.5) is 0 Å². The number of rotatable bonds is 2. The largest absolute Gasteiger partial charge is 0.479 e. The van der Waals surface area contributed by atoms with E-state index < -0.39 is 12.6 Å². The van der Waals surface area contributed by atoms with E-state index in [0.29, 0.717) is 0 Å². The SMILES string of the molecule is NO.NOCC(=O)O. The Labute approximate surface area is 45.6 Å². The molecule has 0 amide bonds. The molecule has 0 bridgehead atoms. The molecule has 0 aliphatic carbocycles. The van der Waals surface area contributed by atoms with Crippen molar-refractivity contribution in [2.45, 2.75) is 0 Å². The van der Waals surface area contributed by atoms with Crippen molar-refractivity contribution in [1.29, 1.82) is 0 Å². The molecule has 0 aromatic heterocycles. The fourth-order valence-electron chi connectivity index (χ4n) is 0.0713. The molecule has 0 spiro atoms. The Morgan fingerprint density at radius 1 is 1.62 bits per heavy atom. The summed E-state index contributed by atoms with van der Waals surface area (Å²) < 4.78 is 0. The number of carbonyl (C=O) groups is 1. The highest BCUT2D eigenvalue weighted by Crippen LogP contribution is 1.57. The predicted molar refractivity (Wildman–Crippen MR) is 23.7 cm³/mol. The first-order valence-corrected chi connectivity index (χ1v) is 1.56. The molecule has 0 aromatic rings. The number of nitrogens with two attached hydrogens (primary N) is 2. The lowest BCUT2D eigenvalue weighted by Crippen LogP contribution is -2.10. The van der Waals surface area contributed by atoms with E-state index in [9.17, 15) is 4.79 Å². The Bertz CT molecular complexity index is 56.0. The van der Waals surface area contributed by atoms with E-state index in [-0.39, 0.29) is 0 Å². The second-order valence-corrected chi connectivity index (χ2v) is 0.705. The van der Waals surface area contributed by atoms with Crippen LogP contribution in [-0.4, -0.2) is 22.9 Å². The molecule has 0 fully saturated rings. The molecule has 6 nitrogen and oxygen atoms in total. The van der Waals surface area contributed by atoms with Crippen molar-refractivity contribution in [3.05, 3.63) is 0 Å². The van der Waals surface area contributed by atoms with Gasteiger partial charge in [-0.2, -0.15) is 0 Å². The lowest BCUT2D eigenvalue weighted by molar-refractivity contribution is -0.142. The highest BCUT2D eigenvalue weighted by Gasteiger charge is 1.88. The minimum absolute atomic E-state index is 0.431. The van der Waals surface area contributed by atoms with Gasteiger partial charge in [0.1, 0.15) is 0 Å². The van der Waals surface area contributed by atoms with Crippen molar-refractivity contribution in [2.24, 2.45) is 11.8 Å². The lowest BCUT2D eigenvalue weighted by Gasteiger charge is -1.83. The first-order valence-electron chi connectivity index (χ1n) is 1.56. The van der Waals surface area contributed by atoms with Gasteiger partial charge in [-0.1, -0.05) is 0 Å². The maximum atomic E-state index is 9.39. The molecule has 0 unspecified atom stereocenters. The summed E-state index contributed by atoms with van der Waals surface area (Å²) in [5.41, 5.74) is 0. The van der Waals surface area contributed by atoms with Gasteiger partial charge in [-0.05, 0) is 0 Å². The van der Waals surface area contributed by atoms with Crippen LogP contribution >= 0.6 is 0 Å². The van der Waals surface area contributed by atoms with Crippen molar-refractivity contribution in [3.63, 3.8) is 0 Å². The molecule has 0 radical (unpaired) electrons. The van der Waals surface area contributed by atoms with E-state index >= 15 is 0 Å². The molecule has 50 valence electrons. The fourth-order valence-corrected chi connectivity index (χ4v) is 0.0713. The van der Waals surface area contributed by atoms with Crippen LogP contribution in [0.15, 0.2) is 0 Å². The topological polar surface area (TPSA) is 119 Å². The molecule has 0 aliphatic heterocycles. The van der Waals surface area contributed by atoms with E-state index in [4.69, 9.17) is 10.3 Å². The molecule has 0 heterocycles. The van der Waals surface area contributed by atoms with Crippen LogP contribution < -0.4 is 11.8 Å². The molecule has 6 heteroatoms. The van der Waals surface area contributed by atoms with E-state index in [1.54, 1.807) is 0 Å². The zero-order valence-corrected chi connectivity index (χ0v) is 4.07. The van der Waals surface area contributed by atoms with Crippen LogP contribution in [0.5, 0.6) is 0 Å². The number of hydrogen-bond acceptors (Lipinski definition) is 5. The number of carboxylic acid groups (broad SMARTS) is 1. The normalized spacial score (nSPS) is 6.88. The van der Waals surface area contributed by atoms with Gasteiger partial charge in [0.05, 0.1) is 0 Å². The molecule has 0 aliphatic rings. The molecule has 8 heavy (non-hydrogen) atoms. The number of aliphatic carboxylic acids is 1. The van der Waals surface area contributed by atoms with Crippen LogP contribution in [-0.2, 0) is 9.63 Å². The minimum Gasteiger partial charge on any atom is -0.479 e. The molecule has 0 atom stereocenters. The summed E-state index contributed by atoms with van der Waals surface area (Å²) in [7, 11) is 0. The molecule has 0 saturated heterocycles. The van der Waals surface area contributed by atoms with Gasteiger partial charge in [-0.3, -0.25) is 4.84 Å². The fraction of sp³-hybridized carbons (Fsp3) is 0.500. The highest BCUT2D eigenvalue weighted by atomic mass is 16.6. The smallest absolute Gasteiger partial charge is 0.331 e. The Morgan fingerprint density at radius 2 is 2.00 bits per heavy atom. The average molecular weight is 124 g/mol. The van der Waals surface area contributed by atoms with Gasteiger partial charge >= 0.3 is 5.97 Å². The van der Waals surface area contributed by atoms with E-state index in [1.165, 1.54) is 0 Å². The zero-order valence-electron chi connectivity index (χ0n) is 4.07. The first kappa shape index (κ1) is 10.3. The molecule has 0 saturated carbocycles. The Morgan fingerprint density at radius 3 is 2.00 bits per heavy atom. The maximum Gasteiger partial charge on any atom is 0.331 e. The lowest BCUT2D eigenvalue weighted by atomic mass is 10.8. The standard InChI is InChI=1S/C2H5NO3.H3NO/c3-6-1-2(4)5;1-2/h1,3H2,(H,4,5);2H,1H2. The summed E-state index contributed by atoms with van der Waals surface area (Å²) >= 11 is 0. The van der Waals surface area contributed by atoms with Crippen molar-refractivity contribution in [2.75, 3.05) is 6.61 Å². The third-order valence-corrected chi connectivity index (χ3v) is 0.207. The minimum atomic E-state index is -1.06. The quantitative estimate of drug-likeness (QED) is 0.325. The molecular formula is C2H8N2O4. The van der Waals surface area contributed by atoms with Gasteiger partial charge in [0.2, 0.25) is 0 Å². The van der Waals surface area contributed by atoms with Gasteiger partial charge in [0.25, 0.3) is 0 Å². The van der Waals surface area contributed by atoms with Gasteiger partial charge in [0, 0.05) is 0 Å². The first-order chi connectivity index (χ1) is 3.77. The van der Waals surface area contributed by atoms with Crippen LogP contribution in [0.2, 0.25) is 0 Å². The van der Waals surface area contributed by atoms with Crippen LogP contribution in [0, 0.1) is 0 Å². The predicted octanol–water partition coefficient (Wildman–Crippen LogP) is -1.70. The summed E-state index contributed by atoms with van der Waals surface area (Å²) in [6.07, 6.45) is 0. The molecule has 0 aromatic carbocycles. The number of hydrogen-bond donors (Lipinski definition) is 4. The van der Waals surface area contributed by atoms with Gasteiger partial charge in [-0.25, -0.2) is 16.6 Å². The van der Waals surface area contributed by atoms with E-state index in [2.05, 4.69) is 16.6 Å². The van der Waals surface area contributed by atoms with Crippen LogP contribution in [0.25, 0.3) is 0 Å². The summed E-state index contributed by atoms with van der Waals surface area (Å²) in [5.74, 6) is 6.79. The second-order valence-electron chi connectivity index (χ2n) is 0.705.